The number of aryl methyl sites for hydroxylation is 2. The number of pyridine rings is 1. The van der Waals surface area contributed by atoms with E-state index in [9.17, 15) is 0 Å². The molecule has 2 aromatic rings. The van der Waals surface area contributed by atoms with Crippen LogP contribution >= 0.6 is 11.8 Å². The van der Waals surface area contributed by atoms with Crippen molar-refractivity contribution in [2.24, 2.45) is 0 Å². The molecule has 2 N–H and O–H groups in total. The molecule has 0 saturated carbocycles. The SMILES string of the molecule is Cc1ccc(C)c(Sc2ccncc2N)c1. The van der Waals surface area contributed by atoms with E-state index in [1.807, 2.05) is 6.07 Å². The van der Waals surface area contributed by atoms with Crippen molar-refractivity contribution in [2.45, 2.75) is 23.6 Å². The van der Waals surface area contributed by atoms with E-state index in [1.165, 1.54) is 16.0 Å². The number of hydrogen-bond donors (Lipinski definition) is 1. The second-order valence-corrected chi connectivity index (χ2v) is 4.87. The third-order valence-corrected chi connectivity index (χ3v) is 3.63. The van der Waals surface area contributed by atoms with Crippen LogP contribution in [0.3, 0.4) is 0 Å². The van der Waals surface area contributed by atoms with Crippen LogP contribution in [0.5, 0.6) is 0 Å². The minimum absolute atomic E-state index is 0.730. The van der Waals surface area contributed by atoms with Crippen LogP contribution in [0.15, 0.2) is 46.5 Å². The molecule has 0 atom stereocenters. The van der Waals surface area contributed by atoms with Gasteiger partial charge in [0.1, 0.15) is 0 Å². The summed E-state index contributed by atoms with van der Waals surface area (Å²) in [7, 11) is 0. The normalized spacial score (nSPS) is 10.4. The molecule has 1 heterocycles. The van der Waals surface area contributed by atoms with Gasteiger partial charge in [-0.3, -0.25) is 4.98 Å². The summed E-state index contributed by atoms with van der Waals surface area (Å²) >= 11 is 1.69. The van der Waals surface area contributed by atoms with Gasteiger partial charge in [0.15, 0.2) is 0 Å². The van der Waals surface area contributed by atoms with Gasteiger partial charge in [-0.25, -0.2) is 0 Å². The first-order valence-corrected chi connectivity index (χ1v) is 5.93. The van der Waals surface area contributed by atoms with E-state index in [-0.39, 0.29) is 0 Å². The quantitative estimate of drug-likeness (QED) is 0.859. The molecule has 1 aromatic carbocycles. The minimum Gasteiger partial charge on any atom is -0.397 e. The van der Waals surface area contributed by atoms with Crippen LogP contribution in [0.1, 0.15) is 11.1 Å². The molecule has 0 saturated heterocycles. The molecule has 16 heavy (non-hydrogen) atoms. The van der Waals surface area contributed by atoms with Crippen LogP contribution in [0.25, 0.3) is 0 Å². The molecule has 0 aliphatic carbocycles. The molecule has 82 valence electrons. The average molecular weight is 230 g/mol. The molecule has 0 amide bonds. The molecule has 0 aliphatic heterocycles. The summed E-state index contributed by atoms with van der Waals surface area (Å²) in [5.74, 6) is 0. The van der Waals surface area contributed by atoms with E-state index in [0.29, 0.717) is 0 Å². The Morgan fingerprint density at radius 2 is 1.94 bits per heavy atom. The number of aromatic nitrogens is 1. The van der Waals surface area contributed by atoms with Gasteiger partial charge in [-0.15, -0.1) is 0 Å². The van der Waals surface area contributed by atoms with E-state index in [2.05, 4.69) is 37.0 Å². The van der Waals surface area contributed by atoms with Gasteiger partial charge in [0, 0.05) is 16.0 Å². The maximum absolute atomic E-state index is 5.87. The highest BCUT2D eigenvalue weighted by Crippen LogP contribution is 2.33. The van der Waals surface area contributed by atoms with Crippen LogP contribution in [0.4, 0.5) is 5.69 Å². The smallest absolute Gasteiger partial charge is 0.0642 e. The summed E-state index contributed by atoms with van der Waals surface area (Å²) in [6, 6.07) is 8.38. The second kappa shape index (κ2) is 4.58. The summed E-state index contributed by atoms with van der Waals surface area (Å²) < 4.78 is 0. The van der Waals surface area contributed by atoms with Crippen molar-refractivity contribution >= 4 is 17.4 Å². The maximum atomic E-state index is 5.87. The van der Waals surface area contributed by atoms with Crippen molar-refractivity contribution < 1.29 is 0 Å². The number of nitrogens with zero attached hydrogens (tertiary/aromatic N) is 1. The van der Waals surface area contributed by atoms with Crippen LogP contribution in [-0.2, 0) is 0 Å². The third kappa shape index (κ3) is 2.36. The maximum Gasteiger partial charge on any atom is 0.0642 e. The topological polar surface area (TPSA) is 38.9 Å². The van der Waals surface area contributed by atoms with Gasteiger partial charge in [0.05, 0.1) is 11.9 Å². The molecule has 0 aliphatic rings. The van der Waals surface area contributed by atoms with Crippen LogP contribution in [-0.4, -0.2) is 4.98 Å². The molecule has 0 unspecified atom stereocenters. The number of nitrogen functional groups attached to an aromatic ring is 1. The van der Waals surface area contributed by atoms with Crippen LogP contribution in [0.2, 0.25) is 0 Å². The molecular formula is C13H14N2S. The first kappa shape index (κ1) is 11.0. The lowest BCUT2D eigenvalue weighted by Gasteiger charge is -2.08. The van der Waals surface area contributed by atoms with E-state index < -0.39 is 0 Å². The van der Waals surface area contributed by atoms with Crippen LogP contribution in [0, 0.1) is 13.8 Å². The fourth-order valence-electron chi connectivity index (χ4n) is 1.42. The molecule has 0 bridgehead atoms. The van der Waals surface area contributed by atoms with E-state index >= 15 is 0 Å². The molecule has 2 nitrogen and oxygen atoms in total. The second-order valence-electron chi connectivity index (χ2n) is 3.78. The van der Waals surface area contributed by atoms with Crippen LogP contribution < -0.4 is 5.73 Å². The third-order valence-electron chi connectivity index (χ3n) is 2.37. The Bertz CT molecular complexity index is 509. The number of rotatable bonds is 2. The molecule has 0 radical (unpaired) electrons. The lowest BCUT2D eigenvalue weighted by Crippen LogP contribution is -1.90. The van der Waals surface area contributed by atoms with Crippen molar-refractivity contribution in [1.29, 1.82) is 0 Å². The van der Waals surface area contributed by atoms with Crippen molar-refractivity contribution in [3.63, 3.8) is 0 Å². The first-order valence-electron chi connectivity index (χ1n) is 5.11. The molecular weight excluding hydrogens is 216 g/mol. The largest absolute Gasteiger partial charge is 0.397 e. The van der Waals surface area contributed by atoms with Gasteiger partial charge in [0.2, 0.25) is 0 Å². The number of hydrogen-bond acceptors (Lipinski definition) is 3. The Labute approximate surface area is 99.9 Å². The minimum atomic E-state index is 0.730. The molecule has 1 aromatic heterocycles. The van der Waals surface area contributed by atoms with Gasteiger partial charge >= 0.3 is 0 Å². The van der Waals surface area contributed by atoms with Crippen molar-refractivity contribution in [3.8, 4) is 0 Å². The predicted octanol–water partition coefficient (Wildman–Crippen LogP) is 3.43. The van der Waals surface area contributed by atoms with Crippen molar-refractivity contribution in [1.82, 2.24) is 4.98 Å². The summed E-state index contributed by atoms with van der Waals surface area (Å²) in [4.78, 5) is 6.30. The first-order chi connectivity index (χ1) is 7.66. The van der Waals surface area contributed by atoms with E-state index in [1.54, 1.807) is 24.2 Å². The highest BCUT2D eigenvalue weighted by Gasteiger charge is 2.04. The van der Waals surface area contributed by atoms with Crippen molar-refractivity contribution in [3.05, 3.63) is 47.8 Å². The van der Waals surface area contributed by atoms with Gasteiger partial charge < -0.3 is 5.73 Å². The lowest BCUT2D eigenvalue weighted by molar-refractivity contribution is 1.24. The monoisotopic (exact) mass is 230 g/mol. The Kier molecular flexibility index (Phi) is 3.15. The van der Waals surface area contributed by atoms with E-state index in [0.717, 1.165) is 10.6 Å². The Balaban J connectivity index is 2.34. The Morgan fingerprint density at radius 1 is 1.12 bits per heavy atom. The van der Waals surface area contributed by atoms with Gasteiger partial charge in [-0.05, 0) is 37.1 Å². The highest BCUT2D eigenvalue weighted by atomic mass is 32.2. The number of benzene rings is 1. The Morgan fingerprint density at radius 3 is 2.69 bits per heavy atom. The number of nitrogens with two attached hydrogens (primary N) is 1. The standard InChI is InChI=1S/C13H14N2S/c1-9-3-4-10(2)13(7-9)16-12-5-6-15-8-11(12)14/h3-8H,14H2,1-2H3. The number of anilines is 1. The average Bonchev–Trinajstić information content (AvgIpc) is 2.27. The summed E-state index contributed by atoms with van der Waals surface area (Å²) in [6.45, 7) is 4.21. The molecule has 0 fully saturated rings. The fraction of sp³-hybridized carbons (Fsp3) is 0.154. The molecule has 3 heteroatoms. The Hall–Kier alpha value is -1.48. The summed E-state index contributed by atoms with van der Waals surface area (Å²) in [6.07, 6.45) is 3.46. The molecule has 2 rings (SSSR count). The zero-order valence-electron chi connectivity index (χ0n) is 9.40. The van der Waals surface area contributed by atoms with Gasteiger partial charge in [-0.1, -0.05) is 23.9 Å². The lowest BCUT2D eigenvalue weighted by atomic mass is 10.2. The van der Waals surface area contributed by atoms with Crippen molar-refractivity contribution in [2.75, 3.05) is 5.73 Å². The summed E-state index contributed by atoms with van der Waals surface area (Å²) in [5.41, 5.74) is 9.14. The summed E-state index contributed by atoms with van der Waals surface area (Å²) in [5, 5.41) is 0. The zero-order chi connectivity index (χ0) is 11.5. The predicted molar refractivity (Wildman–Crippen MR) is 68.7 cm³/mol. The molecule has 0 spiro atoms. The van der Waals surface area contributed by atoms with Gasteiger partial charge in [-0.2, -0.15) is 0 Å². The van der Waals surface area contributed by atoms with Gasteiger partial charge in [0.25, 0.3) is 0 Å². The van der Waals surface area contributed by atoms with E-state index in [4.69, 9.17) is 5.73 Å². The zero-order valence-corrected chi connectivity index (χ0v) is 10.2. The highest BCUT2D eigenvalue weighted by molar-refractivity contribution is 7.99. The fourth-order valence-corrected chi connectivity index (χ4v) is 2.43.